The van der Waals surface area contributed by atoms with E-state index in [2.05, 4.69) is 19.3 Å². The number of unbranched alkanes of at least 4 members (excludes halogenated alkanes) is 1. The van der Waals surface area contributed by atoms with Crippen LogP contribution in [0.5, 0.6) is 0 Å². The van der Waals surface area contributed by atoms with Crippen molar-refractivity contribution >= 4 is 0 Å². The molecule has 0 saturated heterocycles. The molecular weight excluding hydrogens is 246 g/mol. The van der Waals surface area contributed by atoms with Gasteiger partial charge in [0.15, 0.2) is 0 Å². The molecule has 0 aliphatic heterocycles. The van der Waals surface area contributed by atoms with Crippen molar-refractivity contribution in [2.24, 2.45) is 11.8 Å². The Morgan fingerprint density at radius 1 is 1.21 bits per heavy atom. The second-order valence-corrected chi connectivity index (χ2v) is 4.99. The summed E-state index contributed by atoms with van der Waals surface area (Å²) in [5.41, 5.74) is 2.86. The molecule has 2 nitrogen and oxygen atoms in total. The van der Waals surface area contributed by atoms with E-state index in [1.807, 2.05) is 0 Å². The lowest BCUT2D eigenvalue weighted by molar-refractivity contribution is 0.313. The number of halogens is 2. The Hall–Kier alpha value is -1.00. The fourth-order valence-electron chi connectivity index (χ4n) is 2.47. The van der Waals surface area contributed by atoms with Gasteiger partial charge in [-0.15, -0.1) is 0 Å². The average Bonchev–Trinajstić information content (AvgIpc) is 2.41. The zero-order valence-corrected chi connectivity index (χ0v) is 11.8. The molecule has 19 heavy (non-hydrogen) atoms. The van der Waals surface area contributed by atoms with E-state index < -0.39 is 11.6 Å². The lowest BCUT2D eigenvalue weighted by atomic mass is 9.87. The maximum Gasteiger partial charge on any atom is 0.129 e. The summed E-state index contributed by atoms with van der Waals surface area (Å²) in [7, 11) is 0. The molecule has 0 aliphatic carbocycles. The van der Waals surface area contributed by atoms with Crippen LogP contribution < -0.4 is 11.3 Å². The minimum absolute atomic E-state index is 0.0945. The highest BCUT2D eigenvalue weighted by Gasteiger charge is 2.21. The third-order valence-corrected chi connectivity index (χ3v) is 3.72. The predicted molar refractivity (Wildman–Crippen MR) is 74.5 cm³/mol. The number of hydrogen-bond acceptors (Lipinski definition) is 2. The first-order chi connectivity index (χ1) is 9.13. The van der Waals surface area contributed by atoms with Crippen LogP contribution in [0.2, 0.25) is 0 Å². The molecule has 2 atom stereocenters. The Labute approximate surface area is 114 Å². The summed E-state index contributed by atoms with van der Waals surface area (Å²) in [6.45, 7) is 4.22. The van der Waals surface area contributed by atoms with Crippen LogP contribution in [-0.4, -0.2) is 6.04 Å². The van der Waals surface area contributed by atoms with Crippen molar-refractivity contribution in [3.05, 3.63) is 35.4 Å². The van der Waals surface area contributed by atoms with Crippen LogP contribution >= 0.6 is 0 Å². The second-order valence-electron chi connectivity index (χ2n) is 4.99. The molecule has 2 unspecified atom stereocenters. The molecule has 0 spiro atoms. The van der Waals surface area contributed by atoms with Crippen molar-refractivity contribution in [2.45, 2.75) is 52.0 Å². The lowest BCUT2D eigenvalue weighted by Crippen LogP contribution is -2.42. The summed E-state index contributed by atoms with van der Waals surface area (Å²) in [6.07, 6.45) is 4.48. The molecular formula is C15H24F2N2. The Bertz CT molecular complexity index is 362. The van der Waals surface area contributed by atoms with Crippen molar-refractivity contribution in [2.75, 3.05) is 0 Å². The first-order valence-corrected chi connectivity index (χ1v) is 7.03. The molecule has 108 valence electrons. The molecule has 4 heteroatoms. The van der Waals surface area contributed by atoms with Crippen molar-refractivity contribution < 1.29 is 8.78 Å². The minimum atomic E-state index is -0.495. The van der Waals surface area contributed by atoms with Gasteiger partial charge in [-0.05, 0) is 30.9 Å². The highest BCUT2D eigenvalue weighted by atomic mass is 19.1. The molecule has 0 aliphatic rings. The van der Waals surface area contributed by atoms with Gasteiger partial charge in [0.05, 0.1) is 0 Å². The van der Waals surface area contributed by atoms with E-state index in [1.165, 1.54) is 18.2 Å². The highest BCUT2D eigenvalue weighted by molar-refractivity contribution is 5.20. The summed E-state index contributed by atoms with van der Waals surface area (Å²) < 4.78 is 27.3. The molecule has 0 saturated carbocycles. The Kier molecular flexibility index (Phi) is 6.95. The second kappa shape index (κ2) is 8.23. The molecule has 0 fully saturated rings. The van der Waals surface area contributed by atoms with Crippen LogP contribution in [0, 0.1) is 17.6 Å². The molecule has 1 rings (SSSR count). The van der Waals surface area contributed by atoms with E-state index in [9.17, 15) is 8.78 Å². The average molecular weight is 270 g/mol. The smallest absolute Gasteiger partial charge is 0.129 e. The van der Waals surface area contributed by atoms with Gasteiger partial charge in [0.1, 0.15) is 11.6 Å². The van der Waals surface area contributed by atoms with Crippen LogP contribution in [0.25, 0.3) is 0 Å². The Morgan fingerprint density at radius 2 is 1.84 bits per heavy atom. The first-order valence-electron chi connectivity index (χ1n) is 7.03. The molecule has 0 bridgehead atoms. The van der Waals surface area contributed by atoms with Gasteiger partial charge in [-0.2, -0.15) is 0 Å². The third kappa shape index (κ3) is 4.55. The number of benzene rings is 1. The maximum absolute atomic E-state index is 13.7. The Balaban J connectivity index is 2.80. The molecule has 0 radical (unpaired) electrons. The van der Waals surface area contributed by atoms with Crippen LogP contribution in [0.3, 0.4) is 0 Å². The van der Waals surface area contributed by atoms with E-state index in [1.54, 1.807) is 0 Å². The van der Waals surface area contributed by atoms with Crippen molar-refractivity contribution in [1.29, 1.82) is 0 Å². The lowest BCUT2D eigenvalue weighted by Gasteiger charge is -2.26. The summed E-state index contributed by atoms with van der Waals surface area (Å²) >= 11 is 0. The SMILES string of the molecule is CCCCC(CC)C(Cc1c(F)cccc1F)NN. The zero-order valence-electron chi connectivity index (χ0n) is 11.8. The summed E-state index contributed by atoms with van der Waals surface area (Å²) in [5, 5.41) is 0. The fraction of sp³-hybridized carbons (Fsp3) is 0.600. The van der Waals surface area contributed by atoms with Gasteiger partial charge in [0.25, 0.3) is 0 Å². The Morgan fingerprint density at radius 3 is 2.32 bits per heavy atom. The molecule has 3 N–H and O–H groups in total. The molecule has 0 amide bonds. The van der Waals surface area contributed by atoms with Gasteiger partial charge in [-0.3, -0.25) is 11.3 Å². The van der Waals surface area contributed by atoms with Gasteiger partial charge in [-0.25, -0.2) is 8.78 Å². The maximum atomic E-state index is 13.7. The van der Waals surface area contributed by atoms with Crippen LogP contribution in [0.15, 0.2) is 18.2 Å². The normalized spacial score (nSPS) is 14.4. The van der Waals surface area contributed by atoms with E-state index in [0.717, 1.165) is 25.7 Å². The fourth-order valence-corrected chi connectivity index (χ4v) is 2.47. The monoisotopic (exact) mass is 270 g/mol. The molecule has 0 aromatic heterocycles. The number of nitrogens with one attached hydrogen (secondary N) is 1. The molecule has 1 aromatic rings. The van der Waals surface area contributed by atoms with Gasteiger partial charge in [-0.1, -0.05) is 39.2 Å². The van der Waals surface area contributed by atoms with E-state index in [-0.39, 0.29) is 18.0 Å². The van der Waals surface area contributed by atoms with Gasteiger partial charge in [0.2, 0.25) is 0 Å². The van der Waals surface area contributed by atoms with Crippen LogP contribution in [-0.2, 0) is 6.42 Å². The number of rotatable bonds is 8. The van der Waals surface area contributed by atoms with Gasteiger partial charge in [0, 0.05) is 11.6 Å². The predicted octanol–water partition coefficient (Wildman–Crippen LogP) is 3.56. The van der Waals surface area contributed by atoms with Crippen molar-refractivity contribution in [1.82, 2.24) is 5.43 Å². The molecule has 0 heterocycles. The first kappa shape index (κ1) is 16.1. The van der Waals surface area contributed by atoms with Gasteiger partial charge < -0.3 is 0 Å². The van der Waals surface area contributed by atoms with Crippen LogP contribution in [0.1, 0.15) is 45.1 Å². The number of hydrogen-bond donors (Lipinski definition) is 2. The largest absolute Gasteiger partial charge is 0.271 e. The topological polar surface area (TPSA) is 38.0 Å². The van der Waals surface area contributed by atoms with Crippen molar-refractivity contribution in [3.63, 3.8) is 0 Å². The van der Waals surface area contributed by atoms with E-state index in [0.29, 0.717) is 5.92 Å². The number of hydrazine groups is 1. The minimum Gasteiger partial charge on any atom is -0.271 e. The molecule has 1 aromatic carbocycles. The zero-order chi connectivity index (χ0) is 14.3. The van der Waals surface area contributed by atoms with Crippen LogP contribution in [0.4, 0.5) is 8.78 Å². The number of nitrogens with two attached hydrogens (primary N) is 1. The summed E-state index contributed by atoms with van der Waals surface area (Å²) in [5.74, 6) is 4.92. The standard InChI is InChI=1S/C15H24F2N2/c1-3-5-7-11(4-2)15(19-18)10-12-13(16)8-6-9-14(12)17/h6,8-9,11,15,19H,3-5,7,10,18H2,1-2H3. The summed E-state index contributed by atoms with van der Waals surface area (Å²) in [4.78, 5) is 0. The summed E-state index contributed by atoms with van der Waals surface area (Å²) in [6, 6.07) is 3.87. The highest BCUT2D eigenvalue weighted by Crippen LogP contribution is 2.22. The van der Waals surface area contributed by atoms with Gasteiger partial charge >= 0.3 is 0 Å². The third-order valence-electron chi connectivity index (χ3n) is 3.72. The quantitative estimate of drug-likeness (QED) is 0.560. The van der Waals surface area contributed by atoms with E-state index >= 15 is 0 Å². The van der Waals surface area contributed by atoms with E-state index in [4.69, 9.17) is 5.84 Å². The van der Waals surface area contributed by atoms with Crippen molar-refractivity contribution in [3.8, 4) is 0 Å².